The van der Waals surface area contributed by atoms with Crippen LogP contribution in [0.5, 0.6) is 0 Å². The number of benzene rings is 3. The Balaban J connectivity index is 2.06. The van der Waals surface area contributed by atoms with Crippen LogP contribution in [0, 0.1) is 12.8 Å². The van der Waals surface area contributed by atoms with Crippen molar-refractivity contribution in [3.63, 3.8) is 0 Å². The Morgan fingerprint density at radius 3 is 2.25 bits per heavy atom. The van der Waals surface area contributed by atoms with Gasteiger partial charge in [0.05, 0.1) is 11.9 Å². The monoisotopic (exact) mass is 647 g/mol. The molecular weight excluding hydrogens is 614 g/mol. The molecule has 3 aromatic carbocycles. The van der Waals surface area contributed by atoms with E-state index in [4.69, 9.17) is 11.6 Å². The highest BCUT2D eigenvalue weighted by Crippen LogP contribution is 2.26. The smallest absolute Gasteiger partial charge is 0.244 e. The molecule has 0 aliphatic rings. The number of aryl methyl sites for hydroxylation is 1. The van der Waals surface area contributed by atoms with Gasteiger partial charge in [0.25, 0.3) is 0 Å². The highest BCUT2D eigenvalue weighted by molar-refractivity contribution is 9.10. The Kier molecular flexibility index (Phi) is 11.2. The van der Waals surface area contributed by atoms with Crippen molar-refractivity contribution in [1.82, 2.24) is 10.2 Å². The summed E-state index contributed by atoms with van der Waals surface area (Å²) in [7, 11) is -3.86. The normalized spacial score (nSPS) is 12.2. The van der Waals surface area contributed by atoms with E-state index < -0.39 is 28.5 Å². The van der Waals surface area contributed by atoms with Crippen molar-refractivity contribution in [2.24, 2.45) is 5.92 Å². The fourth-order valence-corrected chi connectivity index (χ4v) is 5.62. The third kappa shape index (κ3) is 9.08. The minimum absolute atomic E-state index is 0.108. The van der Waals surface area contributed by atoms with Crippen LogP contribution in [-0.4, -0.2) is 50.5 Å². The number of rotatable bonds is 12. The molecule has 3 rings (SSSR count). The van der Waals surface area contributed by atoms with Crippen LogP contribution in [0.3, 0.4) is 0 Å². The maximum Gasteiger partial charge on any atom is 0.244 e. The average Bonchev–Trinajstić information content (AvgIpc) is 2.89. The zero-order valence-corrected chi connectivity index (χ0v) is 26.3. The molecule has 3 aromatic rings. The molecule has 0 bridgehead atoms. The summed E-state index contributed by atoms with van der Waals surface area (Å²) in [5, 5.41) is 3.36. The number of nitrogens with zero attached hydrogens (tertiary/aromatic N) is 2. The predicted molar refractivity (Wildman–Crippen MR) is 165 cm³/mol. The number of halogens is 2. The number of carbonyl (C=O) groups excluding carboxylic acids is 2. The van der Waals surface area contributed by atoms with Gasteiger partial charge in [-0.1, -0.05) is 89.9 Å². The quantitative estimate of drug-likeness (QED) is 0.278. The Morgan fingerprint density at radius 2 is 1.65 bits per heavy atom. The minimum Gasteiger partial charge on any atom is -0.354 e. The molecule has 0 saturated heterocycles. The van der Waals surface area contributed by atoms with E-state index >= 15 is 0 Å². The number of anilines is 1. The number of sulfonamides is 1. The molecule has 0 spiro atoms. The Morgan fingerprint density at radius 1 is 0.975 bits per heavy atom. The van der Waals surface area contributed by atoms with E-state index in [1.54, 1.807) is 12.1 Å². The van der Waals surface area contributed by atoms with E-state index in [2.05, 4.69) is 21.2 Å². The van der Waals surface area contributed by atoms with Crippen LogP contribution >= 0.6 is 27.5 Å². The first-order chi connectivity index (χ1) is 18.8. The van der Waals surface area contributed by atoms with Gasteiger partial charge in [0, 0.05) is 29.0 Å². The van der Waals surface area contributed by atoms with Gasteiger partial charge < -0.3 is 10.2 Å². The summed E-state index contributed by atoms with van der Waals surface area (Å²) in [6.07, 6.45) is 1.31. The number of hydrogen-bond donors (Lipinski definition) is 1. The molecule has 2 amide bonds. The summed E-state index contributed by atoms with van der Waals surface area (Å²) in [6.45, 7) is 5.86. The summed E-state index contributed by atoms with van der Waals surface area (Å²) in [4.78, 5) is 29.2. The number of carbonyl (C=O) groups is 2. The molecule has 40 heavy (non-hydrogen) atoms. The van der Waals surface area contributed by atoms with E-state index in [0.29, 0.717) is 11.6 Å². The second-order valence-corrected chi connectivity index (χ2v) is 13.4. The van der Waals surface area contributed by atoms with Gasteiger partial charge in [0.2, 0.25) is 21.8 Å². The van der Waals surface area contributed by atoms with Gasteiger partial charge >= 0.3 is 0 Å². The van der Waals surface area contributed by atoms with E-state index in [1.165, 1.54) is 11.0 Å². The standard InChI is InChI=1S/C30H35BrClN3O4S/c1-21(2)18-33-30(37)28(16-23-9-6-5-7-10-23)34(19-24-11-8-12-25(31)15-24)29(36)20-35(40(4,38)39)26-14-13-22(3)27(32)17-26/h5-15,17,21,28H,16,18-20H2,1-4H3,(H,33,37)/t28-/m0/s1. The molecule has 214 valence electrons. The molecular formula is C30H35BrClN3O4S. The van der Waals surface area contributed by atoms with Crippen molar-refractivity contribution in [1.29, 1.82) is 0 Å². The van der Waals surface area contributed by atoms with Gasteiger partial charge in [-0.05, 0) is 53.8 Å². The van der Waals surface area contributed by atoms with Crippen molar-refractivity contribution in [3.8, 4) is 0 Å². The maximum atomic E-state index is 14.1. The first-order valence-corrected chi connectivity index (χ1v) is 16.0. The highest BCUT2D eigenvalue weighted by Gasteiger charge is 2.33. The lowest BCUT2D eigenvalue weighted by molar-refractivity contribution is -0.140. The summed E-state index contributed by atoms with van der Waals surface area (Å²) >= 11 is 9.77. The molecule has 0 aliphatic heterocycles. The van der Waals surface area contributed by atoms with Crippen LogP contribution in [0.1, 0.15) is 30.5 Å². The molecule has 0 fully saturated rings. The van der Waals surface area contributed by atoms with Crippen LogP contribution in [0.2, 0.25) is 5.02 Å². The number of nitrogens with one attached hydrogen (secondary N) is 1. The summed E-state index contributed by atoms with van der Waals surface area (Å²) in [6, 6.07) is 20.9. The van der Waals surface area contributed by atoms with Gasteiger partial charge in [-0.3, -0.25) is 13.9 Å². The highest BCUT2D eigenvalue weighted by atomic mass is 79.9. The number of amides is 2. The molecule has 0 aromatic heterocycles. The zero-order valence-electron chi connectivity index (χ0n) is 23.1. The second-order valence-electron chi connectivity index (χ2n) is 10.2. The molecule has 0 heterocycles. The van der Waals surface area contributed by atoms with E-state index in [0.717, 1.165) is 31.7 Å². The van der Waals surface area contributed by atoms with Gasteiger partial charge in [-0.2, -0.15) is 0 Å². The second kappa shape index (κ2) is 14.1. The van der Waals surface area contributed by atoms with E-state index in [9.17, 15) is 18.0 Å². The summed E-state index contributed by atoms with van der Waals surface area (Å²) in [5.41, 5.74) is 2.73. The molecule has 0 unspecified atom stereocenters. The van der Waals surface area contributed by atoms with Gasteiger partial charge in [-0.25, -0.2) is 8.42 Å². The Bertz CT molecular complexity index is 1430. The van der Waals surface area contributed by atoms with Crippen molar-refractivity contribution >= 4 is 55.1 Å². The lowest BCUT2D eigenvalue weighted by atomic mass is 10.0. The number of hydrogen-bond acceptors (Lipinski definition) is 4. The molecule has 1 N–H and O–H groups in total. The van der Waals surface area contributed by atoms with Crippen molar-refractivity contribution in [2.45, 2.75) is 39.8 Å². The summed E-state index contributed by atoms with van der Waals surface area (Å²) < 4.78 is 27.6. The van der Waals surface area contributed by atoms with Crippen LogP contribution in [0.15, 0.2) is 77.3 Å². The summed E-state index contributed by atoms with van der Waals surface area (Å²) in [5.74, 6) is -0.601. The third-order valence-corrected chi connectivity index (χ3v) is 8.36. The molecule has 1 atom stereocenters. The molecule has 0 aliphatic carbocycles. The van der Waals surface area contributed by atoms with Crippen LogP contribution in [0.25, 0.3) is 0 Å². The predicted octanol–water partition coefficient (Wildman–Crippen LogP) is 5.59. The van der Waals surface area contributed by atoms with Gasteiger partial charge in [-0.15, -0.1) is 0 Å². The van der Waals surface area contributed by atoms with Gasteiger partial charge in [0.1, 0.15) is 12.6 Å². The van der Waals surface area contributed by atoms with Crippen molar-refractivity contribution < 1.29 is 18.0 Å². The fraction of sp³-hybridized carbons (Fsp3) is 0.333. The van der Waals surface area contributed by atoms with Gasteiger partial charge in [0.15, 0.2) is 0 Å². The van der Waals surface area contributed by atoms with Crippen molar-refractivity contribution in [3.05, 3.63) is 99.0 Å². The Labute approximate surface area is 250 Å². The van der Waals surface area contributed by atoms with E-state index in [1.807, 2.05) is 75.4 Å². The van der Waals surface area contributed by atoms with Crippen LogP contribution < -0.4 is 9.62 Å². The fourth-order valence-electron chi connectivity index (χ4n) is 4.16. The third-order valence-electron chi connectivity index (χ3n) is 6.32. The molecule has 10 heteroatoms. The zero-order chi connectivity index (χ0) is 29.4. The SMILES string of the molecule is Cc1ccc(N(CC(=O)N(Cc2cccc(Br)c2)[C@@H](Cc2ccccc2)C(=O)NCC(C)C)S(C)(=O)=O)cc1Cl. The molecule has 0 saturated carbocycles. The Hall–Kier alpha value is -2.88. The van der Waals surface area contributed by atoms with Crippen LogP contribution in [0.4, 0.5) is 5.69 Å². The lowest BCUT2D eigenvalue weighted by Gasteiger charge is -2.33. The maximum absolute atomic E-state index is 14.1. The first kappa shape index (κ1) is 31.6. The lowest BCUT2D eigenvalue weighted by Crippen LogP contribution is -2.53. The average molecular weight is 649 g/mol. The topological polar surface area (TPSA) is 86.8 Å². The largest absolute Gasteiger partial charge is 0.354 e. The van der Waals surface area contributed by atoms with E-state index in [-0.39, 0.29) is 30.5 Å². The van der Waals surface area contributed by atoms with Crippen molar-refractivity contribution in [2.75, 3.05) is 23.7 Å². The van der Waals surface area contributed by atoms with Crippen LogP contribution in [-0.2, 0) is 32.6 Å². The molecule has 7 nitrogen and oxygen atoms in total. The first-order valence-electron chi connectivity index (χ1n) is 12.9. The minimum atomic E-state index is -3.86. The molecule has 0 radical (unpaired) electrons.